The molecule has 1 fully saturated rings. The fourth-order valence-electron chi connectivity index (χ4n) is 3.58. The zero-order chi connectivity index (χ0) is 21.9. The van der Waals surface area contributed by atoms with Crippen LogP contribution in [0.5, 0.6) is 11.5 Å². The first kappa shape index (κ1) is 22.7. The Balaban J connectivity index is 1.56. The Bertz CT molecular complexity index is 836. The number of pyridine rings is 1. The summed E-state index contributed by atoms with van der Waals surface area (Å²) in [6.45, 7) is 8.29. The van der Waals surface area contributed by atoms with E-state index in [0.29, 0.717) is 13.1 Å². The minimum atomic E-state index is -0.0493. The minimum absolute atomic E-state index is 0.0493. The lowest BCUT2D eigenvalue weighted by atomic mass is 10.1. The molecule has 2 N–H and O–H groups in total. The first-order valence-electron chi connectivity index (χ1n) is 11.2. The summed E-state index contributed by atoms with van der Waals surface area (Å²) in [5, 5.41) is 6.68. The molecule has 0 aliphatic carbocycles. The van der Waals surface area contributed by atoms with Crippen molar-refractivity contribution in [3.63, 3.8) is 0 Å². The fourth-order valence-corrected chi connectivity index (χ4v) is 3.58. The summed E-state index contributed by atoms with van der Waals surface area (Å²) in [6.07, 6.45) is 5.64. The van der Waals surface area contributed by atoms with Crippen LogP contribution in [0.3, 0.4) is 0 Å². The largest absolute Gasteiger partial charge is 0.493 e. The van der Waals surface area contributed by atoms with Gasteiger partial charge in [0.05, 0.1) is 20.2 Å². The van der Waals surface area contributed by atoms with Gasteiger partial charge in [-0.2, -0.15) is 0 Å². The molecule has 7 nitrogen and oxygen atoms in total. The molecule has 0 amide bonds. The van der Waals surface area contributed by atoms with E-state index in [1.54, 1.807) is 7.11 Å². The zero-order valence-corrected chi connectivity index (χ0v) is 18.9. The third-order valence-corrected chi connectivity index (χ3v) is 5.21. The molecular formula is C24H35N5O2. The minimum Gasteiger partial charge on any atom is -0.493 e. The van der Waals surface area contributed by atoms with Crippen molar-refractivity contribution in [2.75, 3.05) is 38.2 Å². The van der Waals surface area contributed by atoms with Gasteiger partial charge in [0.15, 0.2) is 17.5 Å². The van der Waals surface area contributed by atoms with Crippen LogP contribution in [-0.2, 0) is 6.54 Å². The van der Waals surface area contributed by atoms with Crippen LogP contribution in [0.2, 0.25) is 0 Å². The first-order valence-corrected chi connectivity index (χ1v) is 11.2. The van der Waals surface area contributed by atoms with Crippen LogP contribution in [0.1, 0.15) is 38.7 Å². The summed E-state index contributed by atoms with van der Waals surface area (Å²) in [7, 11) is 1.65. The van der Waals surface area contributed by atoms with E-state index in [9.17, 15) is 0 Å². The third-order valence-electron chi connectivity index (χ3n) is 5.21. The van der Waals surface area contributed by atoms with Crippen molar-refractivity contribution in [2.24, 2.45) is 4.99 Å². The average molecular weight is 426 g/mol. The number of methoxy groups -OCH3 is 1. The second-order valence-corrected chi connectivity index (χ2v) is 7.73. The van der Waals surface area contributed by atoms with Crippen LogP contribution in [0.4, 0.5) is 5.82 Å². The normalized spacial score (nSPS) is 15.3. The predicted octanol–water partition coefficient (Wildman–Crippen LogP) is 3.60. The Morgan fingerprint density at radius 2 is 1.90 bits per heavy atom. The summed E-state index contributed by atoms with van der Waals surface area (Å²) >= 11 is 0. The summed E-state index contributed by atoms with van der Waals surface area (Å²) in [5.74, 6) is 3.30. The molecule has 1 aliphatic rings. The highest BCUT2D eigenvalue weighted by Gasteiger charge is 2.12. The van der Waals surface area contributed by atoms with Crippen molar-refractivity contribution in [2.45, 2.75) is 45.8 Å². The number of hydrogen-bond donors (Lipinski definition) is 2. The van der Waals surface area contributed by atoms with Gasteiger partial charge in [0.25, 0.3) is 0 Å². The van der Waals surface area contributed by atoms with Crippen LogP contribution in [-0.4, -0.2) is 50.3 Å². The molecule has 2 heterocycles. The van der Waals surface area contributed by atoms with E-state index in [4.69, 9.17) is 14.5 Å². The second kappa shape index (κ2) is 12.0. The first-order chi connectivity index (χ1) is 15.2. The van der Waals surface area contributed by atoms with Gasteiger partial charge in [-0.15, -0.1) is 0 Å². The van der Waals surface area contributed by atoms with Crippen LogP contribution in [0.25, 0.3) is 0 Å². The Kier molecular flexibility index (Phi) is 8.82. The van der Waals surface area contributed by atoms with Gasteiger partial charge >= 0.3 is 0 Å². The number of anilines is 1. The van der Waals surface area contributed by atoms with Crippen LogP contribution >= 0.6 is 0 Å². The van der Waals surface area contributed by atoms with Crippen molar-refractivity contribution in [1.29, 1.82) is 0 Å². The SMILES string of the molecule is CCNC(=NCc1ccnc(N2CCCCC2)c1)NCC(C)Oc1ccccc1OC. The number of aliphatic imine (C=N–C) groups is 1. The molecule has 1 unspecified atom stereocenters. The number of guanidine groups is 1. The van der Waals surface area contributed by atoms with E-state index >= 15 is 0 Å². The molecule has 1 saturated heterocycles. The maximum Gasteiger partial charge on any atom is 0.191 e. The van der Waals surface area contributed by atoms with Crippen molar-refractivity contribution >= 4 is 11.8 Å². The summed E-state index contributed by atoms with van der Waals surface area (Å²) < 4.78 is 11.4. The smallest absolute Gasteiger partial charge is 0.191 e. The van der Waals surface area contributed by atoms with Gasteiger partial charge in [-0.25, -0.2) is 9.98 Å². The van der Waals surface area contributed by atoms with Crippen LogP contribution in [0, 0.1) is 0 Å². The zero-order valence-electron chi connectivity index (χ0n) is 18.9. The predicted molar refractivity (Wildman–Crippen MR) is 126 cm³/mol. The Morgan fingerprint density at radius 1 is 1.13 bits per heavy atom. The number of hydrogen-bond acceptors (Lipinski definition) is 5. The number of ether oxygens (including phenoxy) is 2. The number of nitrogens with one attached hydrogen (secondary N) is 2. The second-order valence-electron chi connectivity index (χ2n) is 7.73. The molecule has 0 spiro atoms. The molecule has 168 valence electrons. The van der Waals surface area contributed by atoms with Gasteiger partial charge in [0.1, 0.15) is 11.9 Å². The molecule has 0 bridgehead atoms. The lowest BCUT2D eigenvalue weighted by Crippen LogP contribution is -2.41. The molecule has 1 atom stereocenters. The van der Waals surface area contributed by atoms with Crippen molar-refractivity contribution in [1.82, 2.24) is 15.6 Å². The average Bonchev–Trinajstić information content (AvgIpc) is 2.82. The number of rotatable bonds is 9. The lowest BCUT2D eigenvalue weighted by molar-refractivity contribution is 0.213. The fraction of sp³-hybridized carbons (Fsp3) is 0.500. The number of piperidine rings is 1. The molecule has 1 aromatic heterocycles. The molecule has 1 aromatic carbocycles. The Hall–Kier alpha value is -2.96. The Labute approximate surface area is 185 Å². The van der Waals surface area contributed by atoms with E-state index in [1.165, 1.54) is 19.3 Å². The number of nitrogens with zero attached hydrogens (tertiary/aromatic N) is 3. The van der Waals surface area contributed by atoms with Gasteiger partial charge in [-0.05, 0) is 62.9 Å². The molecule has 31 heavy (non-hydrogen) atoms. The third kappa shape index (κ3) is 7.05. The highest BCUT2D eigenvalue weighted by Crippen LogP contribution is 2.26. The van der Waals surface area contributed by atoms with Crippen molar-refractivity contribution in [3.05, 3.63) is 48.2 Å². The quantitative estimate of drug-likeness (QED) is 0.473. The number of benzene rings is 1. The lowest BCUT2D eigenvalue weighted by Gasteiger charge is -2.27. The maximum atomic E-state index is 6.03. The van der Waals surface area contributed by atoms with Gasteiger partial charge in [-0.1, -0.05) is 12.1 Å². The van der Waals surface area contributed by atoms with Crippen LogP contribution in [0.15, 0.2) is 47.6 Å². The molecular weight excluding hydrogens is 390 g/mol. The molecule has 0 radical (unpaired) electrons. The van der Waals surface area contributed by atoms with Crippen molar-refractivity contribution in [3.8, 4) is 11.5 Å². The standard InChI is InChI=1S/C24H35N5O2/c1-4-25-24(27-17-19(2)31-22-11-7-6-10-21(22)30-3)28-18-20-12-13-26-23(16-20)29-14-8-5-9-15-29/h6-7,10-13,16,19H,4-5,8-9,14-15,17-18H2,1-3H3,(H2,25,27,28). The van der Waals surface area contributed by atoms with Crippen LogP contribution < -0.4 is 25.0 Å². The van der Waals surface area contributed by atoms with E-state index in [0.717, 1.165) is 48.5 Å². The Morgan fingerprint density at radius 3 is 2.65 bits per heavy atom. The van der Waals surface area contributed by atoms with E-state index in [2.05, 4.69) is 33.5 Å². The van der Waals surface area contributed by atoms with Gasteiger partial charge < -0.3 is 25.0 Å². The van der Waals surface area contributed by atoms with Crippen molar-refractivity contribution < 1.29 is 9.47 Å². The van der Waals surface area contributed by atoms with E-state index in [1.807, 2.05) is 43.5 Å². The highest BCUT2D eigenvalue weighted by atomic mass is 16.5. The molecule has 3 rings (SSSR count). The van der Waals surface area contributed by atoms with E-state index < -0.39 is 0 Å². The maximum absolute atomic E-state index is 6.03. The van der Waals surface area contributed by atoms with E-state index in [-0.39, 0.29) is 6.10 Å². The molecule has 1 aliphatic heterocycles. The molecule has 2 aromatic rings. The van der Waals surface area contributed by atoms with Gasteiger partial charge in [0, 0.05) is 25.8 Å². The van der Waals surface area contributed by atoms with Gasteiger partial charge in [-0.3, -0.25) is 0 Å². The molecule has 7 heteroatoms. The summed E-state index contributed by atoms with van der Waals surface area (Å²) in [5.41, 5.74) is 1.16. The number of para-hydroxylation sites is 2. The summed E-state index contributed by atoms with van der Waals surface area (Å²) in [6, 6.07) is 11.9. The molecule has 0 saturated carbocycles. The van der Waals surface area contributed by atoms with Gasteiger partial charge in [0.2, 0.25) is 0 Å². The number of aromatic nitrogens is 1. The monoisotopic (exact) mass is 425 g/mol. The summed E-state index contributed by atoms with van der Waals surface area (Å²) in [4.78, 5) is 11.7. The highest BCUT2D eigenvalue weighted by molar-refractivity contribution is 5.79. The topological polar surface area (TPSA) is 71.0 Å².